The molecule has 0 aliphatic heterocycles. The molecule has 8 nitrogen and oxygen atoms in total. The monoisotopic (exact) mass is 490 g/mol. The quantitative estimate of drug-likeness (QED) is 0.149. The first-order valence-corrected chi connectivity index (χ1v) is 12.6. The molecule has 0 atom stereocenters. The lowest BCUT2D eigenvalue weighted by Crippen LogP contribution is -2.42. The maximum atomic E-state index is 12.6. The highest BCUT2D eigenvalue weighted by Crippen LogP contribution is 2.40. The molecule has 0 aliphatic rings. The van der Waals surface area contributed by atoms with E-state index in [9.17, 15) is 19.5 Å². The van der Waals surface area contributed by atoms with Crippen LogP contribution in [0.2, 0.25) is 0 Å². The number of phenolic OH excluding ortho intramolecular Hbond substituents is 1. The van der Waals surface area contributed by atoms with Gasteiger partial charge in [0.05, 0.1) is 0 Å². The molecule has 1 aromatic carbocycles. The molecular weight excluding hydrogens is 444 g/mol. The summed E-state index contributed by atoms with van der Waals surface area (Å²) < 4.78 is 0. The Bertz CT molecular complexity index is 834. The molecule has 0 radical (unpaired) electrons. The van der Waals surface area contributed by atoms with Gasteiger partial charge in [-0.2, -0.15) is 0 Å². The van der Waals surface area contributed by atoms with E-state index in [1.807, 2.05) is 53.7 Å². The summed E-state index contributed by atoms with van der Waals surface area (Å²) in [6.45, 7) is 12.3. The number of phenols is 1. The smallest absolute Gasteiger partial charge is 0.243 e. The molecule has 0 spiro atoms. The number of imide groups is 1. The van der Waals surface area contributed by atoms with E-state index < -0.39 is 5.91 Å². The Morgan fingerprint density at radius 2 is 1.23 bits per heavy atom. The Morgan fingerprint density at radius 3 is 1.69 bits per heavy atom. The number of amides is 3. The van der Waals surface area contributed by atoms with Crippen molar-refractivity contribution in [2.75, 3.05) is 0 Å². The predicted molar refractivity (Wildman–Crippen MR) is 139 cm³/mol. The normalized spacial score (nSPS) is 11.9. The number of aromatic hydroxyl groups is 1. The van der Waals surface area contributed by atoms with Gasteiger partial charge in [0.25, 0.3) is 0 Å². The van der Waals surface area contributed by atoms with Crippen LogP contribution in [-0.2, 0) is 31.6 Å². The zero-order valence-electron chi connectivity index (χ0n) is 22.5. The van der Waals surface area contributed by atoms with Crippen LogP contribution in [0.25, 0.3) is 0 Å². The van der Waals surface area contributed by atoms with E-state index in [4.69, 9.17) is 11.7 Å². The number of carbonyl (C=O) groups is 3. The molecule has 3 amide bonds. The number of nitrogens with zero attached hydrogens (tertiary/aromatic N) is 1. The van der Waals surface area contributed by atoms with Crippen LogP contribution in [0.5, 0.6) is 5.75 Å². The summed E-state index contributed by atoms with van der Waals surface area (Å²) >= 11 is 0. The number of unbranched alkanes of at least 4 members (excludes halogenated alkanes) is 5. The third-order valence-electron chi connectivity index (χ3n) is 6.16. The molecule has 8 heteroatoms. The minimum absolute atomic E-state index is 0.122. The van der Waals surface area contributed by atoms with Crippen molar-refractivity contribution in [3.63, 3.8) is 0 Å². The number of nitrogens with one attached hydrogen (secondary N) is 1. The van der Waals surface area contributed by atoms with E-state index in [-0.39, 0.29) is 35.5 Å². The summed E-state index contributed by atoms with van der Waals surface area (Å²) in [4.78, 5) is 36.0. The first-order chi connectivity index (χ1) is 16.2. The van der Waals surface area contributed by atoms with Crippen molar-refractivity contribution in [3.05, 3.63) is 28.8 Å². The lowest BCUT2D eigenvalue weighted by Gasteiger charge is -2.28. The van der Waals surface area contributed by atoms with Gasteiger partial charge >= 0.3 is 0 Å². The summed E-state index contributed by atoms with van der Waals surface area (Å²) in [5.74, 6) is 10.2. The fourth-order valence-corrected chi connectivity index (χ4v) is 3.95. The second-order valence-corrected chi connectivity index (χ2v) is 11.4. The number of hydrogen-bond donors (Lipinski definition) is 4. The highest BCUT2D eigenvalue weighted by molar-refractivity contribution is 5.94. The van der Waals surface area contributed by atoms with E-state index >= 15 is 0 Å². The molecule has 1 rings (SSSR count). The number of nitrogens with two attached hydrogens (primary N) is 2. The highest BCUT2D eigenvalue weighted by atomic mass is 16.3. The molecule has 35 heavy (non-hydrogen) atoms. The molecule has 0 heterocycles. The van der Waals surface area contributed by atoms with Crippen molar-refractivity contribution in [3.8, 4) is 5.75 Å². The first kappa shape index (κ1) is 30.6. The van der Waals surface area contributed by atoms with Crippen LogP contribution in [0.3, 0.4) is 0 Å². The molecular formula is C27H46N4O4. The van der Waals surface area contributed by atoms with Gasteiger partial charge in [0.15, 0.2) is 0 Å². The van der Waals surface area contributed by atoms with Crippen LogP contribution in [0.15, 0.2) is 12.1 Å². The summed E-state index contributed by atoms with van der Waals surface area (Å²) in [5, 5.41) is 11.6. The molecule has 0 aliphatic carbocycles. The zero-order chi connectivity index (χ0) is 26.8. The SMILES string of the molecule is CC(C)(C)c1cc(CCC(=O)N(N)C(=O)CCCCCCCCC(=O)NN)cc(C(C)(C)C)c1O. The lowest BCUT2D eigenvalue weighted by molar-refractivity contribution is -0.145. The molecule has 198 valence electrons. The van der Waals surface area contributed by atoms with E-state index in [0.29, 0.717) is 25.0 Å². The largest absolute Gasteiger partial charge is 0.507 e. The Balaban J connectivity index is 2.56. The molecule has 0 fully saturated rings. The van der Waals surface area contributed by atoms with Crippen LogP contribution < -0.4 is 17.1 Å². The molecule has 6 N–H and O–H groups in total. The Labute approximate surface area is 210 Å². The Morgan fingerprint density at radius 1 is 0.800 bits per heavy atom. The third-order valence-corrected chi connectivity index (χ3v) is 6.16. The average molecular weight is 491 g/mol. The van der Waals surface area contributed by atoms with Crippen LogP contribution >= 0.6 is 0 Å². The third kappa shape index (κ3) is 10.4. The van der Waals surface area contributed by atoms with Crippen molar-refractivity contribution >= 4 is 17.7 Å². The number of aryl methyl sites for hydroxylation is 1. The van der Waals surface area contributed by atoms with Gasteiger partial charge < -0.3 is 5.11 Å². The standard InChI is InChI=1S/C27H46N4O4/c1-26(2,3)20-17-19(18-21(25(20)35)27(4,5)6)15-16-24(34)31(29)23(33)14-12-10-8-7-9-11-13-22(32)30-28/h17-18,35H,7-16,28-29H2,1-6H3,(H,30,32). The second-order valence-electron chi connectivity index (χ2n) is 11.4. The fourth-order valence-electron chi connectivity index (χ4n) is 3.95. The van der Waals surface area contributed by atoms with E-state index in [1.54, 1.807) is 0 Å². The van der Waals surface area contributed by atoms with E-state index in [1.165, 1.54) is 0 Å². The van der Waals surface area contributed by atoms with Crippen molar-refractivity contribution in [2.45, 2.75) is 117 Å². The second kappa shape index (κ2) is 13.6. The van der Waals surface area contributed by atoms with Gasteiger partial charge in [0, 0.05) is 19.3 Å². The molecule has 0 unspecified atom stereocenters. The minimum atomic E-state index is -0.407. The van der Waals surface area contributed by atoms with Gasteiger partial charge in [-0.15, -0.1) is 0 Å². The van der Waals surface area contributed by atoms with Crippen molar-refractivity contribution < 1.29 is 19.5 Å². The van der Waals surface area contributed by atoms with Crippen LogP contribution in [0.4, 0.5) is 0 Å². The van der Waals surface area contributed by atoms with Crippen molar-refractivity contribution in [1.29, 1.82) is 0 Å². The number of benzene rings is 1. The molecule has 0 saturated carbocycles. The van der Waals surface area contributed by atoms with E-state index in [2.05, 4.69) is 5.43 Å². The lowest BCUT2D eigenvalue weighted by atomic mass is 9.78. The summed E-state index contributed by atoms with van der Waals surface area (Å²) in [6.07, 6.45) is 6.44. The van der Waals surface area contributed by atoms with Crippen molar-refractivity contribution in [1.82, 2.24) is 10.4 Å². The molecule has 0 aromatic heterocycles. The van der Waals surface area contributed by atoms with Crippen molar-refractivity contribution in [2.24, 2.45) is 11.7 Å². The van der Waals surface area contributed by atoms with Gasteiger partial charge in [-0.1, -0.05) is 79.4 Å². The maximum absolute atomic E-state index is 12.6. The van der Waals surface area contributed by atoms with Gasteiger partial charge in [0.1, 0.15) is 5.75 Å². The summed E-state index contributed by atoms with van der Waals surface area (Å²) in [7, 11) is 0. The predicted octanol–water partition coefficient (Wildman–Crippen LogP) is 4.26. The van der Waals surface area contributed by atoms with Gasteiger partial charge in [-0.3, -0.25) is 19.8 Å². The topological polar surface area (TPSA) is 139 Å². The Hall–Kier alpha value is -2.45. The number of hydrazine groups is 2. The van der Waals surface area contributed by atoms with Crippen LogP contribution in [0, 0.1) is 0 Å². The van der Waals surface area contributed by atoms with Gasteiger partial charge in [-0.05, 0) is 46.8 Å². The first-order valence-electron chi connectivity index (χ1n) is 12.6. The fraction of sp³-hybridized carbons (Fsp3) is 0.667. The molecule has 1 aromatic rings. The molecule has 0 saturated heterocycles. The number of carbonyl (C=O) groups excluding carboxylic acids is 3. The minimum Gasteiger partial charge on any atom is -0.507 e. The maximum Gasteiger partial charge on any atom is 0.243 e. The Kier molecular flexibility index (Phi) is 11.9. The van der Waals surface area contributed by atoms with Crippen LogP contribution in [-0.4, -0.2) is 27.8 Å². The summed E-state index contributed by atoms with van der Waals surface area (Å²) in [6, 6.07) is 3.89. The molecule has 0 bridgehead atoms. The van der Waals surface area contributed by atoms with Gasteiger partial charge in [0.2, 0.25) is 17.7 Å². The average Bonchev–Trinajstić information content (AvgIpc) is 2.77. The number of rotatable bonds is 12. The van der Waals surface area contributed by atoms with Crippen LogP contribution in [0.1, 0.15) is 116 Å². The number of hydrogen-bond acceptors (Lipinski definition) is 6. The zero-order valence-corrected chi connectivity index (χ0v) is 22.5. The van der Waals surface area contributed by atoms with Gasteiger partial charge in [-0.25, -0.2) is 16.7 Å². The van der Waals surface area contributed by atoms with E-state index in [0.717, 1.165) is 53.8 Å². The summed E-state index contributed by atoms with van der Waals surface area (Å²) in [5.41, 5.74) is 4.24. The highest BCUT2D eigenvalue weighted by Gasteiger charge is 2.27.